The van der Waals surface area contributed by atoms with Crippen LogP contribution in [0.25, 0.3) is 0 Å². The third kappa shape index (κ3) is 5.19. The Hall–Kier alpha value is -0.610. The van der Waals surface area contributed by atoms with Crippen LogP contribution in [-0.4, -0.2) is 28.8 Å². The molecule has 1 aromatic heterocycles. The molecule has 0 aliphatic rings. The minimum absolute atomic E-state index is 0.885. The summed E-state index contributed by atoms with van der Waals surface area (Å²) >= 11 is 1.73. The molecule has 3 nitrogen and oxygen atoms in total. The highest BCUT2D eigenvalue weighted by Crippen LogP contribution is 2.12. The van der Waals surface area contributed by atoms with Gasteiger partial charge in [-0.05, 0) is 32.0 Å². The summed E-state index contributed by atoms with van der Waals surface area (Å²) in [4.78, 5) is 8.30. The van der Waals surface area contributed by atoms with E-state index in [1.807, 2.05) is 6.07 Å². The zero-order valence-corrected chi connectivity index (χ0v) is 9.39. The zero-order valence-electron chi connectivity index (χ0n) is 8.57. The van der Waals surface area contributed by atoms with Crippen LogP contribution in [0.15, 0.2) is 23.6 Å². The molecule has 0 radical (unpaired) electrons. The van der Waals surface area contributed by atoms with E-state index in [-0.39, 0.29) is 0 Å². The second kappa shape index (κ2) is 7.76. The smallest absolute Gasteiger partial charge is 0.187 e. The Bertz CT molecular complexity index is 228. The molecule has 0 amide bonds. The molecule has 1 aromatic rings. The molecule has 0 unspecified atom stereocenters. The number of nitrogens with one attached hydrogen (secondary N) is 1. The second-order valence-electron chi connectivity index (χ2n) is 2.94. The summed E-state index contributed by atoms with van der Waals surface area (Å²) in [5.74, 6) is 1.11. The van der Waals surface area contributed by atoms with Gasteiger partial charge < -0.3 is 5.32 Å². The minimum Gasteiger partial charge on any atom is -0.317 e. The molecule has 4 heteroatoms. The summed E-state index contributed by atoms with van der Waals surface area (Å²) < 4.78 is 0. The van der Waals surface area contributed by atoms with Gasteiger partial charge in [0.2, 0.25) is 0 Å². The minimum atomic E-state index is 0.885. The monoisotopic (exact) mass is 211 g/mol. The Balaban J connectivity index is 1.99. The first kappa shape index (κ1) is 11.5. The Morgan fingerprint density at radius 1 is 1.29 bits per heavy atom. The molecular formula is C10H17N3S. The second-order valence-corrected chi connectivity index (χ2v) is 4.00. The van der Waals surface area contributed by atoms with Crippen molar-refractivity contribution in [2.24, 2.45) is 0 Å². The molecule has 0 aliphatic heterocycles. The molecule has 0 aliphatic carbocycles. The summed E-state index contributed by atoms with van der Waals surface area (Å²) in [5, 5.41) is 4.19. The van der Waals surface area contributed by atoms with Crippen molar-refractivity contribution in [2.45, 2.75) is 24.9 Å². The topological polar surface area (TPSA) is 37.8 Å². The standard InChI is InChI=1S/C10H17N3S/c1-2-11-6-3-4-9-14-10-12-7-5-8-13-10/h5,7-8,11H,2-4,6,9H2,1H3. The number of unbranched alkanes of at least 4 members (excludes halogenated alkanes) is 1. The van der Waals surface area contributed by atoms with E-state index < -0.39 is 0 Å². The van der Waals surface area contributed by atoms with Crippen LogP contribution in [-0.2, 0) is 0 Å². The van der Waals surface area contributed by atoms with Gasteiger partial charge in [0, 0.05) is 18.1 Å². The normalized spacial score (nSPS) is 10.4. The summed E-state index contributed by atoms with van der Waals surface area (Å²) in [6.07, 6.45) is 6.02. The molecule has 0 fully saturated rings. The van der Waals surface area contributed by atoms with E-state index in [0.717, 1.165) is 24.0 Å². The fourth-order valence-corrected chi connectivity index (χ4v) is 1.85. The highest BCUT2D eigenvalue weighted by Gasteiger charge is 1.94. The van der Waals surface area contributed by atoms with Gasteiger partial charge >= 0.3 is 0 Å². The third-order valence-corrected chi connectivity index (χ3v) is 2.73. The van der Waals surface area contributed by atoms with Crippen molar-refractivity contribution in [3.63, 3.8) is 0 Å². The van der Waals surface area contributed by atoms with Crippen molar-refractivity contribution in [2.75, 3.05) is 18.8 Å². The maximum Gasteiger partial charge on any atom is 0.187 e. The van der Waals surface area contributed by atoms with E-state index in [0.29, 0.717) is 0 Å². The van der Waals surface area contributed by atoms with E-state index in [2.05, 4.69) is 22.2 Å². The summed E-state index contributed by atoms with van der Waals surface area (Å²) in [7, 11) is 0. The fraction of sp³-hybridized carbons (Fsp3) is 0.600. The highest BCUT2D eigenvalue weighted by molar-refractivity contribution is 7.99. The molecule has 0 bridgehead atoms. The van der Waals surface area contributed by atoms with E-state index in [1.54, 1.807) is 24.2 Å². The average Bonchev–Trinajstić information content (AvgIpc) is 2.25. The molecular weight excluding hydrogens is 194 g/mol. The molecule has 1 rings (SSSR count). The molecule has 0 aromatic carbocycles. The summed E-state index contributed by atoms with van der Waals surface area (Å²) in [5.41, 5.74) is 0. The molecule has 14 heavy (non-hydrogen) atoms. The number of rotatable bonds is 7. The van der Waals surface area contributed by atoms with Crippen molar-refractivity contribution < 1.29 is 0 Å². The Morgan fingerprint density at radius 3 is 2.79 bits per heavy atom. The van der Waals surface area contributed by atoms with Crippen LogP contribution in [0, 0.1) is 0 Å². The van der Waals surface area contributed by atoms with Crippen LogP contribution in [0.2, 0.25) is 0 Å². The number of hydrogen-bond donors (Lipinski definition) is 1. The van der Waals surface area contributed by atoms with Crippen LogP contribution in [0.1, 0.15) is 19.8 Å². The lowest BCUT2D eigenvalue weighted by Gasteiger charge is -2.00. The first-order chi connectivity index (χ1) is 6.93. The van der Waals surface area contributed by atoms with E-state index in [9.17, 15) is 0 Å². The molecule has 0 spiro atoms. The lowest BCUT2D eigenvalue weighted by Crippen LogP contribution is -2.13. The molecule has 0 saturated carbocycles. The largest absolute Gasteiger partial charge is 0.317 e. The van der Waals surface area contributed by atoms with E-state index >= 15 is 0 Å². The first-order valence-electron chi connectivity index (χ1n) is 5.04. The number of thioether (sulfide) groups is 1. The van der Waals surface area contributed by atoms with Gasteiger partial charge in [0.15, 0.2) is 5.16 Å². The summed E-state index contributed by atoms with van der Waals surface area (Å²) in [6.45, 7) is 4.31. The van der Waals surface area contributed by atoms with Gasteiger partial charge in [-0.3, -0.25) is 0 Å². The van der Waals surface area contributed by atoms with Gasteiger partial charge in [-0.2, -0.15) is 0 Å². The van der Waals surface area contributed by atoms with E-state index in [4.69, 9.17) is 0 Å². The Morgan fingerprint density at radius 2 is 2.07 bits per heavy atom. The highest BCUT2D eigenvalue weighted by atomic mass is 32.2. The maximum absolute atomic E-state index is 4.15. The number of aromatic nitrogens is 2. The molecule has 1 heterocycles. The van der Waals surface area contributed by atoms with Crippen molar-refractivity contribution in [3.8, 4) is 0 Å². The molecule has 0 saturated heterocycles. The summed E-state index contributed by atoms with van der Waals surface area (Å²) in [6, 6.07) is 1.84. The van der Waals surface area contributed by atoms with Gasteiger partial charge in [0.1, 0.15) is 0 Å². The number of hydrogen-bond acceptors (Lipinski definition) is 4. The van der Waals surface area contributed by atoms with Crippen molar-refractivity contribution in [1.82, 2.24) is 15.3 Å². The predicted molar refractivity (Wildman–Crippen MR) is 60.5 cm³/mol. The molecule has 0 atom stereocenters. The van der Waals surface area contributed by atoms with Crippen molar-refractivity contribution in [3.05, 3.63) is 18.5 Å². The van der Waals surface area contributed by atoms with Crippen LogP contribution in [0.3, 0.4) is 0 Å². The van der Waals surface area contributed by atoms with Crippen LogP contribution >= 0.6 is 11.8 Å². The molecule has 1 N–H and O–H groups in total. The SMILES string of the molecule is CCNCCCCSc1ncccn1. The average molecular weight is 211 g/mol. The third-order valence-electron chi connectivity index (χ3n) is 1.77. The quantitative estimate of drug-likeness (QED) is 0.425. The van der Waals surface area contributed by atoms with E-state index in [1.165, 1.54) is 12.8 Å². The van der Waals surface area contributed by atoms with Gasteiger partial charge in [-0.1, -0.05) is 18.7 Å². The Kier molecular flexibility index (Phi) is 6.36. The van der Waals surface area contributed by atoms with Crippen molar-refractivity contribution in [1.29, 1.82) is 0 Å². The van der Waals surface area contributed by atoms with Gasteiger partial charge in [0.25, 0.3) is 0 Å². The van der Waals surface area contributed by atoms with Crippen LogP contribution in [0.5, 0.6) is 0 Å². The zero-order chi connectivity index (χ0) is 10.1. The lowest BCUT2D eigenvalue weighted by atomic mass is 10.3. The van der Waals surface area contributed by atoms with Crippen LogP contribution in [0.4, 0.5) is 0 Å². The van der Waals surface area contributed by atoms with Gasteiger partial charge in [0.05, 0.1) is 0 Å². The van der Waals surface area contributed by atoms with Crippen LogP contribution < -0.4 is 5.32 Å². The fourth-order valence-electron chi connectivity index (χ4n) is 1.05. The van der Waals surface area contributed by atoms with Gasteiger partial charge in [-0.25, -0.2) is 9.97 Å². The lowest BCUT2D eigenvalue weighted by molar-refractivity contribution is 0.665. The molecule has 78 valence electrons. The Labute approximate surface area is 89.7 Å². The predicted octanol–water partition coefficient (Wildman–Crippen LogP) is 1.96. The maximum atomic E-state index is 4.15. The van der Waals surface area contributed by atoms with Gasteiger partial charge in [-0.15, -0.1) is 0 Å². The first-order valence-corrected chi connectivity index (χ1v) is 6.02. The van der Waals surface area contributed by atoms with Crippen molar-refractivity contribution >= 4 is 11.8 Å². The number of nitrogens with zero attached hydrogens (tertiary/aromatic N) is 2.